The zero-order valence-electron chi connectivity index (χ0n) is 11.9. The Bertz CT molecular complexity index is 820. The fourth-order valence-corrected chi connectivity index (χ4v) is 3.15. The fraction of sp³-hybridized carbons (Fsp3) is 0.0625. The van der Waals surface area contributed by atoms with Crippen LogP contribution in [0.1, 0.15) is 11.0 Å². The first kappa shape index (κ1) is 13.9. The van der Waals surface area contributed by atoms with Crippen LogP contribution in [-0.4, -0.2) is 15.0 Å². The maximum atomic E-state index is 5.61. The highest BCUT2D eigenvalue weighted by atomic mass is 32.1. The molecule has 0 bridgehead atoms. The van der Waals surface area contributed by atoms with Gasteiger partial charge in [-0.3, -0.25) is 9.82 Å². The predicted octanol–water partition coefficient (Wildman–Crippen LogP) is 3.10. The topological polar surface area (TPSA) is 69.2 Å². The largest absolute Gasteiger partial charge is 0.436 e. The fourth-order valence-electron chi connectivity index (χ4n) is 2.16. The van der Waals surface area contributed by atoms with Crippen molar-refractivity contribution in [2.75, 3.05) is 0 Å². The number of rotatable bonds is 4. The monoisotopic (exact) mass is 324 g/mol. The molecule has 4 rings (SSSR count). The van der Waals surface area contributed by atoms with Gasteiger partial charge in [0.2, 0.25) is 5.88 Å². The van der Waals surface area contributed by atoms with Gasteiger partial charge in [-0.2, -0.15) is 0 Å². The van der Waals surface area contributed by atoms with E-state index in [1.807, 2.05) is 30.5 Å². The molecular weight excluding hydrogens is 312 g/mol. The van der Waals surface area contributed by atoms with E-state index in [4.69, 9.17) is 9.57 Å². The molecule has 0 saturated carbocycles. The molecule has 7 heteroatoms. The Morgan fingerprint density at radius 2 is 2.00 bits per heavy atom. The summed E-state index contributed by atoms with van der Waals surface area (Å²) in [6.45, 7) is 0. The normalized spacial score (nSPS) is 16.7. The van der Waals surface area contributed by atoms with Crippen LogP contribution < -0.4 is 10.2 Å². The summed E-state index contributed by atoms with van der Waals surface area (Å²) in [6, 6.07) is 8.08. The zero-order valence-corrected chi connectivity index (χ0v) is 12.7. The molecule has 0 radical (unpaired) electrons. The van der Waals surface area contributed by atoms with Gasteiger partial charge in [-0.15, -0.1) is 11.3 Å². The van der Waals surface area contributed by atoms with Crippen LogP contribution in [0.25, 0.3) is 10.4 Å². The van der Waals surface area contributed by atoms with Crippen molar-refractivity contribution in [3.63, 3.8) is 0 Å². The number of hydrogen-bond acceptors (Lipinski definition) is 7. The minimum absolute atomic E-state index is 0.190. The standard InChI is InChI=1S/C16H12N4O2S/c1-2-11(7-17-5-1)14-3-4-15(23-14)13-6-16(20-22-13)21-12-8-18-10-19-9-12/h1-10,13,20H/t13-/m1/s1. The van der Waals surface area contributed by atoms with Crippen molar-refractivity contribution in [2.45, 2.75) is 6.10 Å². The number of nitrogens with one attached hydrogen (secondary N) is 1. The van der Waals surface area contributed by atoms with E-state index in [1.165, 1.54) is 6.33 Å². The van der Waals surface area contributed by atoms with Gasteiger partial charge in [-0.1, -0.05) is 6.07 Å². The Morgan fingerprint density at radius 1 is 1.09 bits per heavy atom. The number of pyridine rings is 1. The quantitative estimate of drug-likeness (QED) is 0.795. The summed E-state index contributed by atoms with van der Waals surface area (Å²) in [4.78, 5) is 19.7. The summed E-state index contributed by atoms with van der Waals surface area (Å²) in [5, 5.41) is 0. The van der Waals surface area contributed by atoms with E-state index < -0.39 is 0 Å². The van der Waals surface area contributed by atoms with Gasteiger partial charge in [-0.05, 0) is 18.2 Å². The summed E-state index contributed by atoms with van der Waals surface area (Å²) >= 11 is 1.66. The average Bonchev–Trinajstić information content (AvgIpc) is 3.26. The van der Waals surface area contributed by atoms with E-state index in [9.17, 15) is 0 Å². The number of hydroxylamine groups is 1. The second-order valence-corrected chi connectivity index (χ2v) is 5.91. The van der Waals surface area contributed by atoms with Gasteiger partial charge in [0.1, 0.15) is 12.4 Å². The molecule has 0 saturated heterocycles. The lowest BCUT2D eigenvalue weighted by molar-refractivity contribution is 0.0290. The molecule has 0 aliphatic carbocycles. The van der Waals surface area contributed by atoms with Crippen LogP contribution in [0.4, 0.5) is 0 Å². The Morgan fingerprint density at radius 3 is 2.83 bits per heavy atom. The first-order valence-corrected chi connectivity index (χ1v) is 7.76. The maximum absolute atomic E-state index is 5.61. The number of hydrogen-bond donors (Lipinski definition) is 1. The van der Waals surface area contributed by atoms with E-state index >= 15 is 0 Å². The number of thiophene rings is 1. The zero-order chi connectivity index (χ0) is 15.5. The Kier molecular flexibility index (Phi) is 3.71. The van der Waals surface area contributed by atoms with Gasteiger partial charge in [0.25, 0.3) is 0 Å². The lowest BCUT2D eigenvalue weighted by atomic mass is 10.2. The molecule has 1 N–H and O–H groups in total. The van der Waals surface area contributed by atoms with Crippen LogP contribution in [-0.2, 0) is 4.84 Å². The highest BCUT2D eigenvalue weighted by Crippen LogP contribution is 2.34. The van der Waals surface area contributed by atoms with Crippen LogP contribution in [0.5, 0.6) is 5.75 Å². The molecule has 3 aromatic rings. The van der Waals surface area contributed by atoms with Crippen LogP contribution in [0, 0.1) is 0 Å². The third-order valence-corrected chi connectivity index (χ3v) is 4.40. The molecule has 1 aliphatic rings. The van der Waals surface area contributed by atoms with Crippen molar-refractivity contribution in [3.8, 4) is 16.2 Å². The summed E-state index contributed by atoms with van der Waals surface area (Å²) < 4.78 is 5.61. The van der Waals surface area contributed by atoms with Crippen molar-refractivity contribution in [1.29, 1.82) is 0 Å². The third-order valence-electron chi connectivity index (χ3n) is 3.21. The Balaban J connectivity index is 1.50. The highest BCUT2D eigenvalue weighted by molar-refractivity contribution is 7.15. The number of nitrogens with zero attached hydrogens (tertiary/aromatic N) is 3. The van der Waals surface area contributed by atoms with E-state index in [0.717, 1.165) is 15.3 Å². The molecule has 0 fully saturated rings. The minimum Gasteiger partial charge on any atom is -0.436 e. The highest BCUT2D eigenvalue weighted by Gasteiger charge is 2.21. The van der Waals surface area contributed by atoms with E-state index in [-0.39, 0.29) is 6.10 Å². The number of ether oxygens (including phenoxy) is 1. The van der Waals surface area contributed by atoms with Gasteiger partial charge in [0.05, 0.1) is 12.4 Å². The Hall–Kier alpha value is -2.77. The smallest absolute Gasteiger partial charge is 0.216 e. The molecule has 1 aliphatic heterocycles. The van der Waals surface area contributed by atoms with Crippen molar-refractivity contribution in [2.24, 2.45) is 0 Å². The van der Waals surface area contributed by atoms with Crippen molar-refractivity contribution in [1.82, 2.24) is 20.4 Å². The van der Waals surface area contributed by atoms with Gasteiger partial charge in [-0.25, -0.2) is 15.4 Å². The molecule has 6 nitrogen and oxygen atoms in total. The summed E-state index contributed by atoms with van der Waals surface area (Å²) in [6.07, 6.45) is 9.94. The second kappa shape index (κ2) is 6.15. The molecule has 3 aromatic heterocycles. The van der Waals surface area contributed by atoms with Crippen LogP contribution >= 0.6 is 11.3 Å². The third kappa shape index (κ3) is 3.05. The maximum Gasteiger partial charge on any atom is 0.216 e. The molecular formula is C16H12N4O2S. The van der Waals surface area contributed by atoms with Gasteiger partial charge in [0.15, 0.2) is 5.75 Å². The molecule has 23 heavy (non-hydrogen) atoms. The van der Waals surface area contributed by atoms with E-state index in [2.05, 4.69) is 26.5 Å². The average molecular weight is 324 g/mol. The molecule has 4 heterocycles. The molecule has 1 atom stereocenters. The Labute approximate surface area is 136 Å². The first-order chi connectivity index (χ1) is 11.4. The predicted molar refractivity (Wildman–Crippen MR) is 85.3 cm³/mol. The van der Waals surface area contributed by atoms with Crippen LogP contribution in [0.3, 0.4) is 0 Å². The lowest BCUT2D eigenvalue weighted by Crippen LogP contribution is -2.12. The second-order valence-electron chi connectivity index (χ2n) is 4.79. The van der Waals surface area contributed by atoms with Crippen LogP contribution in [0.15, 0.2) is 67.3 Å². The van der Waals surface area contributed by atoms with Gasteiger partial charge in [0, 0.05) is 33.8 Å². The van der Waals surface area contributed by atoms with Gasteiger partial charge < -0.3 is 4.74 Å². The van der Waals surface area contributed by atoms with Crippen LogP contribution in [0.2, 0.25) is 0 Å². The lowest BCUT2D eigenvalue weighted by Gasteiger charge is -2.05. The molecule has 0 spiro atoms. The first-order valence-electron chi connectivity index (χ1n) is 6.95. The van der Waals surface area contributed by atoms with E-state index in [0.29, 0.717) is 11.6 Å². The SMILES string of the molecule is C1=C(Oc2cncnc2)NO[C@H]1c1ccc(-c2cccnc2)s1. The van der Waals surface area contributed by atoms with Gasteiger partial charge >= 0.3 is 0 Å². The summed E-state index contributed by atoms with van der Waals surface area (Å²) in [7, 11) is 0. The van der Waals surface area contributed by atoms with Crippen molar-refractivity contribution in [3.05, 3.63) is 72.2 Å². The van der Waals surface area contributed by atoms with Crippen molar-refractivity contribution >= 4 is 11.3 Å². The van der Waals surface area contributed by atoms with Crippen molar-refractivity contribution < 1.29 is 9.57 Å². The molecule has 0 aromatic carbocycles. The molecule has 0 unspecified atom stereocenters. The number of aromatic nitrogens is 3. The van der Waals surface area contributed by atoms with E-state index in [1.54, 1.807) is 29.9 Å². The minimum atomic E-state index is -0.190. The molecule has 0 amide bonds. The summed E-state index contributed by atoms with van der Waals surface area (Å²) in [5.74, 6) is 1.08. The summed E-state index contributed by atoms with van der Waals surface area (Å²) in [5.41, 5.74) is 3.87. The molecule has 114 valence electrons.